The molecule has 7 nitrogen and oxygen atoms in total. The molecule has 3 amide bonds. The Bertz CT molecular complexity index is 679. The van der Waals surface area contributed by atoms with E-state index in [9.17, 15) is 19.5 Å². The molecule has 24 heavy (non-hydrogen) atoms. The Morgan fingerprint density at radius 1 is 1.33 bits per heavy atom. The van der Waals surface area contributed by atoms with Gasteiger partial charge >= 0.3 is 12.0 Å². The van der Waals surface area contributed by atoms with Crippen molar-refractivity contribution in [3.05, 3.63) is 35.9 Å². The van der Waals surface area contributed by atoms with E-state index in [1.54, 1.807) is 0 Å². The molecule has 2 fully saturated rings. The first-order valence-electron chi connectivity index (χ1n) is 7.63. The minimum absolute atomic E-state index is 0.163. The number of nitrogens with zero attached hydrogens (tertiary/aromatic N) is 2. The minimum Gasteiger partial charge on any atom is -0.480 e. The highest BCUT2D eigenvalue weighted by Gasteiger charge is 2.58. The molecule has 0 spiro atoms. The molecular weight excluding hydrogens is 330 g/mol. The van der Waals surface area contributed by atoms with E-state index < -0.39 is 22.8 Å². The fourth-order valence-corrected chi connectivity index (χ4v) is 4.78. The van der Waals surface area contributed by atoms with Crippen molar-refractivity contribution in [2.24, 2.45) is 0 Å². The summed E-state index contributed by atoms with van der Waals surface area (Å²) in [6.45, 7) is 3.91. The molecule has 2 saturated heterocycles. The summed E-state index contributed by atoms with van der Waals surface area (Å²) in [5.41, 5.74) is 3.44. The summed E-state index contributed by atoms with van der Waals surface area (Å²) in [5, 5.41) is 10.4. The number of urea groups is 1. The largest absolute Gasteiger partial charge is 0.480 e. The highest BCUT2D eigenvalue weighted by Crippen LogP contribution is 2.47. The first-order valence-corrected chi connectivity index (χ1v) is 8.51. The van der Waals surface area contributed by atoms with E-state index in [-0.39, 0.29) is 24.2 Å². The Morgan fingerprint density at radius 2 is 2.00 bits per heavy atom. The van der Waals surface area contributed by atoms with Crippen LogP contribution in [0.3, 0.4) is 0 Å². The van der Waals surface area contributed by atoms with Gasteiger partial charge in [-0.3, -0.25) is 15.1 Å². The molecule has 128 valence electrons. The van der Waals surface area contributed by atoms with E-state index in [1.165, 1.54) is 21.7 Å². The number of amides is 3. The molecule has 2 aliphatic heterocycles. The summed E-state index contributed by atoms with van der Waals surface area (Å²) in [7, 11) is 0. The monoisotopic (exact) mass is 349 g/mol. The van der Waals surface area contributed by atoms with Crippen molar-refractivity contribution < 1.29 is 19.5 Å². The predicted octanol–water partition coefficient (Wildman–Crippen LogP) is 1.30. The number of carbonyl (C=O) groups excluding carboxylic acids is 2. The normalized spacial score (nSPS) is 24.8. The Balaban J connectivity index is 1.67. The smallest absolute Gasteiger partial charge is 0.340 e. The van der Waals surface area contributed by atoms with Gasteiger partial charge in [0.25, 0.3) is 0 Å². The molecule has 0 aromatic heterocycles. The molecule has 1 aromatic carbocycles. The quantitative estimate of drug-likeness (QED) is 0.855. The number of carboxylic acids is 1. The van der Waals surface area contributed by atoms with Crippen molar-refractivity contribution >= 4 is 29.7 Å². The lowest BCUT2D eigenvalue weighted by Gasteiger charge is -2.28. The highest BCUT2D eigenvalue weighted by atomic mass is 32.2. The van der Waals surface area contributed by atoms with Crippen LogP contribution in [0.2, 0.25) is 0 Å². The maximum absolute atomic E-state index is 12.5. The van der Waals surface area contributed by atoms with Gasteiger partial charge in [-0.15, -0.1) is 11.8 Å². The van der Waals surface area contributed by atoms with Gasteiger partial charge in [0, 0.05) is 4.75 Å². The lowest BCUT2D eigenvalue weighted by molar-refractivity contribution is -0.142. The Hall–Kier alpha value is -2.22. The molecule has 8 heteroatoms. The third-order valence-electron chi connectivity index (χ3n) is 4.18. The number of carboxylic acid groups (broad SMARTS) is 1. The second-order valence-electron chi connectivity index (χ2n) is 6.41. The summed E-state index contributed by atoms with van der Waals surface area (Å²) in [5.74, 6) is -1.33. The van der Waals surface area contributed by atoms with Gasteiger partial charge in [-0.1, -0.05) is 30.3 Å². The number of hydrazine groups is 1. The summed E-state index contributed by atoms with van der Waals surface area (Å²) in [6, 6.07) is 7.85. The van der Waals surface area contributed by atoms with Crippen LogP contribution in [0.5, 0.6) is 0 Å². The number of aliphatic carboxylic acids is 1. The van der Waals surface area contributed by atoms with Gasteiger partial charge < -0.3 is 5.11 Å². The second-order valence-corrected chi connectivity index (χ2v) is 8.25. The zero-order valence-electron chi connectivity index (χ0n) is 13.4. The van der Waals surface area contributed by atoms with E-state index in [0.717, 1.165) is 5.56 Å². The molecule has 2 atom stereocenters. The number of nitrogens with one attached hydrogen (secondary N) is 1. The molecule has 0 bridgehead atoms. The van der Waals surface area contributed by atoms with Crippen molar-refractivity contribution in [1.29, 1.82) is 0 Å². The maximum Gasteiger partial charge on any atom is 0.340 e. The number of benzene rings is 1. The molecule has 1 aromatic rings. The van der Waals surface area contributed by atoms with E-state index in [1.807, 2.05) is 44.2 Å². The standard InChI is InChI=1S/C16H19N3O4S/c1-16(2)13(14(21)22)19-12(24-16)9-18(15(19)23)17-11(20)8-10-6-4-3-5-7-10/h3-7,12-13H,8-9H2,1-2H3,(H,17,20)(H,21,22)/t12?,13-/m0/s1. The fourth-order valence-electron chi connectivity index (χ4n) is 3.19. The highest BCUT2D eigenvalue weighted by molar-refractivity contribution is 8.01. The molecule has 2 N–H and O–H groups in total. The van der Waals surface area contributed by atoms with Gasteiger partial charge in [-0.05, 0) is 19.4 Å². The summed E-state index contributed by atoms with van der Waals surface area (Å²) < 4.78 is -0.563. The summed E-state index contributed by atoms with van der Waals surface area (Å²) in [6.07, 6.45) is 0.163. The second kappa shape index (κ2) is 6.01. The molecule has 0 radical (unpaired) electrons. The zero-order valence-corrected chi connectivity index (χ0v) is 14.2. The number of carbonyl (C=O) groups is 3. The minimum atomic E-state index is -1.03. The lowest BCUT2D eigenvalue weighted by Crippen LogP contribution is -2.52. The van der Waals surface area contributed by atoms with Crippen LogP contribution in [0.15, 0.2) is 30.3 Å². The van der Waals surface area contributed by atoms with Crippen LogP contribution in [0, 0.1) is 0 Å². The predicted molar refractivity (Wildman–Crippen MR) is 89.1 cm³/mol. The third kappa shape index (κ3) is 2.93. The van der Waals surface area contributed by atoms with Crippen LogP contribution in [0.25, 0.3) is 0 Å². The van der Waals surface area contributed by atoms with Crippen molar-refractivity contribution in [2.75, 3.05) is 6.54 Å². The third-order valence-corrected chi connectivity index (χ3v) is 5.66. The average Bonchev–Trinajstić information content (AvgIpc) is 2.91. The van der Waals surface area contributed by atoms with Crippen LogP contribution in [0.1, 0.15) is 19.4 Å². The van der Waals surface area contributed by atoms with Gasteiger partial charge in [-0.25, -0.2) is 14.6 Å². The average molecular weight is 349 g/mol. The summed E-state index contributed by atoms with van der Waals surface area (Å²) >= 11 is 1.44. The van der Waals surface area contributed by atoms with Crippen LogP contribution >= 0.6 is 11.8 Å². The molecule has 1 unspecified atom stereocenters. The maximum atomic E-state index is 12.5. The molecule has 3 rings (SSSR count). The van der Waals surface area contributed by atoms with Gasteiger partial charge in [0.1, 0.15) is 11.4 Å². The van der Waals surface area contributed by atoms with Gasteiger partial charge in [0.05, 0.1) is 13.0 Å². The van der Waals surface area contributed by atoms with Gasteiger partial charge in [-0.2, -0.15) is 0 Å². The Labute approximate surface area is 144 Å². The molecule has 2 aliphatic rings. The van der Waals surface area contributed by atoms with Crippen molar-refractivity contribution in [2.45, 2.75) is 36.4 Å². The number of thioether (sulfide) groups is 1. The van der Waals surface area contributed by atoms with Crippen LogP contribution < -0.4 is 5.43 Å². The first kappa shape index (κ1) is 16.6. The van der Waals surface area contributed by atoms with Crippen LogP contribution in [-0.4, -0.2) is 55.6 Å². The Kier molecular flexibility index (Phi) is 4.16. The van der Waals surface area contributed by atoms with Crippen molar-refractivity contribution in [1.82, 2.24) is 15.3 Å². The van der Waals surface area contributed by atoms with Crippen LogP contribution in [-0.2, 0) is 16.0 Å². The van der Waals surface area contributed by atoms with E-state index >= 15 is 0 Å². The lowest BCUT2D eigenvalue weighted by atomic mass is 10.0. The molecular formula is C16H19N3O4S. The number of hydrogen-bond donors (Lipinski definition) is 2. The molecule has 0 aliphatic carbocycles. The molecule has 0 saturated carbocycles. The SMILES string of the molecule is CC1(C)SC2CN(NC(=O)Cc3ccccc3)C(=O)N2[C@H]1C(=O)O. The number of fused-ring (bicyclic) bond motifs is 1. The number of rotatable bonds is 4. The first-order chi connectivity index (χ1) is 11.3. The van der Waals surface area contributed by atoms with Gasteiger partial charge in [0.15, 0.2) is 0 Å². The van der Waals surface area contributed by atoms with Crippen molar-refractivity contribution in [3.63, 3.8) is 0 Å². The summed E-state index contributed by atoms with van der Waals surface area (Å²) in [4.78, 5) is 37.6. The van der Waals surface area contributed by atoms with Crippen LogP contribution in [0.4, 0.5) is 4.79 Å². The fraction of sp³-hybridized carbons (Fsp3) is 0.438. The van der Waals surface area contributed by atoms with E-state index in [4.69, 9.17) is 0 Å². The van der Waals surface area contributed by atoms with E-state index in [2.05, 4.69) is 5.43 Å². The molecule has 2 heterocycles. The van der Waals surface area contributed by atoms with E-state index in [0.29, 0.717) is 0 Å². The topological polar surface area (TPSA) is 90.0 Å². The van der Waals surface area contributed by atoms with Crippen molar-refractivity contribution in [3.8, 4) is 0 Å². The van der Waals surface area contributed by atoms with Gasteiger partial charge in [0.2, 0.25) is 5.91 Å². The zero-order chi connectivity index (χ0) is 17.5. The Morgan fingerprint density at radius 3 is 2.62 bits per heavy atom. The number of hydrogen-bond acceptors (Lipinski definition) is 4.